The molecule has 0 bridgehead atoms. The Kier molecular flexibility index (Phi) is 3.00. The summed E-state index contributed by atoms with van der Waals surface area (Å²) in [6.45, 7) is 2.06. The lowest BCUT2D eigenvalue weighted by molar-refractivity contribution is 0.607. The number of nitrogens with zero attached hydrogens (tertiary/aromatic N) is 2. The first-order valence-corrected chi connectivity index (χ1v) is 5.81. The molecule has 2 aromatic rings. The summed E-state index contributed by atoms with van der Waals surface area (Å²) >= 11 is 9.40. The van der Waals surface area contributed by atoms with Crippen molar-refractivity contribution in [2.75, 3.05) is 7.05 Å². The van der Waals surface area contributed by atoms with Crippen molar-refractivity contribution in [2.24, 2.45) is 0 Å². The van der Waals surface area contributed by atoms with Crippen LogP contribution in [0.3, 0.4) is 0 Å². The molecular formula is C10H11BrClN3. The fourth-order valence-corrected chi connectivity index (χ4v) is 2.14. The van der Waals surface area contributed by atoms with Crippen LogP contribution in [0, 0.1) is 0 Å². The summed E-state index contributed by atoms with van der Waals surface area (Å²) in [5.41, 5.74) is 1.02. The lowest BCUT2D eigenvalue weighted by atomic mass is 10.3. The number of pyridine rings is 1. The van der Waals surface area contributed by atoms with E-state index in [0.717, 1.165) is 15.9 Å². The van der Waals surface area contributed by atoms with E-state index in [0.29, 0.717) is 5.02 Å². The third kappa shape index (κ3) is 1.89. The van der Waals surface area contributed by atoms with Crippen molar-refractivity contribution in [2.45, 2.75) is 13.0 Å². The highest BCUT2D eigenvalue weighted by Gasteiger charge is 2.13. The van der Waals surface area contributed by atoms with E-state index >= 15 is 0 Å². The molecule has 2 heterocycles. The summed E-state index contributed by atoms with van der Waals surface area (Å²) < 4.78 is 2.84. The van der Waals surface area contributed by atoms with Gasteiger partial charge in [0, 0.05) is 6.20 Å². The molecule has 0 saturated carbocycles. The molecule has 0 fully saturated rings. The molecule has 0 saturated heterocycles. The topological polar surface area (TPSA) is 29.3 Å². The van der Waals surface area contributed by atoms with Gasteiger partial charge in [-0.1, -0.05) is 11.6 Å². The average molecular weight is 289 g/mol. The number of imidazole rings is 1. The van der Waals surface area contributed by atoms with Crippen LogP contribution < -0.4 is 5.32 Å². The number of fused-ring (bicyclic) bond motifs is 1. The van der Waals surface area contributed by atoms with E-state index < -0.39 is 0 Å². The summed E-state index contributed by atoms with van der Waals surface area (Å²) in [5, 5.41) is 3.86. The van der Waals surface area contributed by atoms with Crippen LogP contribution in [-0.4, -0.2) is 16.4 Å². The SMILES string of the molecule is CNC(C)c1nc(Br)c2ccc(Cl)cn12. The molecule has 2 aromatic heterocycles. The van der Waals surface area contributed by atoms with Crippen molar-refractivity contribution >= 4 is 33.0 Å². The van der Waals surface area contributed by atoms with E-state index in [4.69, 9.17) is 11.6 Å². The normalized spacial score (nSPS) is 13.3. The van der Waals surface area contributed by atoms with Gasteiger partial charge in [-0.15, -0.1) is 0 Å². The van der Waals surface area contributed by atoms with Gasteiger partial charge in [-0.3, -0.25) is 4.40 Å². The molecule has 0 aliphatic rings. The molecule has 1 unspecified atom stereocenters. The Labute approximate surface area is 102 Å². The zero-order valence-corrected chi connectivity index (χ0v) is 10.8. The first-order chi connectivity index (χ1) is 7.13. The van der Waals surface area contributed by atoms with Gasteiger partial charge >= 0.3 is 0 Å². The average Bonchev–Trinajstić information content (AvgIpc) is 2.54. The fourth-order valence-electron chi connectivity index (χ4n) is 1.48. The molecule has 3 nitrogen and oxygen atoms in total. The Morgan fingerprint density at radius 3 is 2.93 bits per heavy atom. The van der Waals surface area contributed by atoms with Crippen LogP contribution in [0.2, 0.25) is 5.02 Å². The van der Waals surface area contributed by atoms with Gasteiger partial charge in [0.25, 0.3) is 0 Å². The second-order valence-corrected chi connectivity index (χ2v) is 4.56. The number of hydrogen-bond donors (Lipinski definition) is 1. The van der Waals surface area contributed by atoms with Crippen LogP contribution in [0.5, 0.6) is 0 Å². The van der Waals surface area contributed by atoms with Gasteiger partial charge in [-0.25, -0.2) is 4.98 Å². The van der Waals surface area contributed by atoms with E-state index in [1.807, 2.05) is 29.8 Å². The Hall–Kier alpha value is -0.580. The van der Waals surface area contributed by atoms with Crippen LogP contribution >= 0.6 is 27.5 Å². The standard InChI is InChI=1S/C10H11BrClN3/c1-6(13-2)10-14-9(11)8-4-3-7(12)5-15(8)10/h3-6,13H,1-2H3. The van der Waals surface area contributed by atoms with Crippen LogP contribution in [0.25, 0.3) is 5.52 Å². The Morgan fingerprint density at radius 2 is 2.27 bits per heavy atom. The largest absolute Gasteiger partial charge is 0.311 e. The summed E-state index contributed by atoms with van der Waals surface area (Å²) in [6, 6.07) is 3.99. The Balaban J connectivity index is 2.69. The number of nitrogens with one attached hydrogen (secondary N) is 1. The number of halogens is 2. The molecular weight excluding hydrogens is 277 g/mol. The second-order valence-electron chi connectivity index (χ2n) is 3.37. The molecule has 0 amide bonds. The highest BCUT2D eigenvalue weighted by Crippen LogP contribution is 2.24. The van der Waals surface area contributed by atoms with Crippen LogP contribution in [-0.2, 0) is 0 Å². The minimum atomic E-state index is 0.183. The predicted octanol–water partition coefficient (Wildman–Crippen LogP) is 3.03. The first kappa shape index (κ1) is 10.9. The lowest BCUT2D eigenvalue weighted by Crippen LogP contribution is -2.15. The number of rotatable bonds is 2. The quantitative estimate of drug-likeness (QED) is 0.920. The molecule has 2 rings (SSSR count). The molecule has 0 aromatic carbocycles. The first-order valence-electron chi connectivity index (χ1n) is 4.63. The molecule has 0 radical (unpaired) electrons. The van der Waals surface area contributed by atoms with Gasteiger partial charge in [0.1, 0.15) is 10.4 Å². The highest BCUT2D eigenvalue weighted by atomic mass is 79.9. The zero-order valence-electron chi connectivity index (χ0n) is 8.46. The van der Waals surface area contributed by atoms with Crippen LogP contribution in [0.1, 0.15) is 18.8 Å². The van der Waals surface area contributed by atoms with Gasteiger partial charge in [0.2, 0.25) is 0 Å². The van der Waals surface area contributed by atoms with E-state index in [9.17, 15) is 0 Å². The van der Waals surface area contributed by atoms with E-state index in [1.165, 1.54) is 0 Å². The maximum Gasteiger partial charge on any atom is 0.132 e. The summed E-state index contributed by atoms with van der Waals surface area (Å²) in [4.78, 5) is 4.46. The summed E-state index contributed by atoms with van der Waals surface area (Å²) in [6.07, 6.45) is 1.87. The van der Waals surface area contributed by atoms with E-state index in [2.05, 4.69) is 33.2 Å². The minimum absolute atomic E-state index is 0.183. The highest BCUT2D eigenvalue weighted by molar-refractivity contribution is 9.10. The minimum Gasteiger partial charge on any atom is -0.311 e. The van der Waals surface area contributed by atoms with Gasteiger partial charge < -0.3 is 5.32 Å². The maximum atomic E-state index is 5.96. The molecule has 0 aliphatic heterocycles. The Bertz CT molecular complexity index is 495. The molecule has 0 spiro atoms. The van der Waals surface area contributed by atoms with Gasteiger partial charge in [-0.2, -0.15) is 0 Å². The van der Waals surface area contributed by atoms with Gasteiger partial charge in [-0.05, 0) is 42.0 Å². The van der Waals surface area contributed by atoms with Crippen molar-refractivity contribution in [3.05, 3.63) is 33.8 Å². The fraction of sp³-hybridized carbons (Fsp3) is 0.300. The van der Waals surface area contributed by atoms with Gasteiger partial charge in [0.05, 0.1) is 16.6 Å². The zero-order chi connectivity index (χ0) is 11.0. The monoisotopic (exact) mass is 287 g/mol. The van der Waals surface area contributed by atoms with Gasteiger partial charge in [0.15, 0.2) is 0 Å². The van der Waals surface area contributed by atoms with Crippen molar-refractivity contribution in [3.8, 4) is 0 Å². The molecule has 1 atom stereocenters. The molecule has 1 N–H and O–H groups in total. The van der Waals surface area contributed by atoms with Crippen molar-refractivity contribution in [3.63, 3.8) is 0 Å². The lowest BCUT2D eigenvalue weighted by Gasteiger charge is -2.08. The predicted molar refractivity (Wildman–Crippen MR) is 65.4 cm³/mol. The van der Waals surface area contributed by atoms with Crippen LogP contribution in [0.15, 0.2) is 22.9 Å². The number of aromatic nitrogens is 2. The van der Waals surface area contributed by atoms with Crippen molar-refractivity contribution in [1.82, 2.24) is 14.7 Å². The summed E-state index contributed by atoms with van der Waals surface area (Å²) in [7, 11) is 1.91. The van der Waals surface area contributed by atoms with E-state index in [-0.39, 0.29) is 6.04 Å². The maximum absolute atomic E-state index is 5.96. The summed E-state index contributed by atoms with van der Waals surface area (Å²) in [5.74, 6) is 0.946. The van der Waals surface area contributed by atoms with Crippen LogP contribution in [0.4, 0.5) is 0 Å². The molecule has 0 aliphatic carbocycles. The molecule has 15 heavy (non-hydrogen) atoms. The smallest absolute Gasteiger partial charge is 0.132 e. The molecule has 5 heteroatoms. The third-order valence-electron chi connectivity index (χ3n) is 2.40. The van der Waals surface area contributed by atoms with E-state index in [1.54, 1.807) is 0 Å². The molecule has 80 valence electrons. The number of hydrogen-bond acceptors (Lipinski definition) is 2. The van der Waals surface area contributed by atoms with Crippen molar-refractivity contribution in [1.29, 1.82) is 0 Å². The van der Waals surface area contributed by atoms with Crippen molar-refractivity contribution < 1.29 is 0 Å². The second kappa shape index (κ2) is 4.12. The third-order valence-corrected chi connectivity index (χ3v) is 3.21. The Morgan fingerprint density at radius 1 is 1.53 bits per heavy atom.